The lowest BCUT2D eigenvalue weighted by Gasteiger charge is -2.29. The first-order valence-corrected chi connectivity index (χ1v) is 5.55. The van der Waals surface area contributed by atoms with E-state index in [0.717, 1.165) is 6.42 Å². The van der Waals surface area contributed by atoms with E-state index in [-0.39, 0.29) is 18.0 Å². The van der Waals surface area contributed by atoms with Gasteiger partial charge in [-0.15, -0.1) is 0 Å². The fourth-order valence-corrected chi connectivity index (χ4v) is 1.82. The van der Waals surface area contributed by atoms with Crippen LogP contribution in [0, 0.1) is 11.8 Å². The van der Waals surface area contributed by atoms with Crippen LogP contribution in [0.4, 0.5) is 0 Å². The van der Waals surface area contributed by atoms with E-state index in [4.69, 9.17) is 10.5 Å². The Kier molecular flexibility index (Phi) is 4.39. The molecule has 14 heavy (non-hydrogen) atoms. The summed E-state index contributed by atoms with van der Waals surface area (Å²) in [4.78, 5) is 11.5. The van der Waals surface area contributed by atoms with Gasteiger partial charge >= 0.3 is 5.97 Å². The third-order valence-corrected chi connectivity index (χ3v) is 3.06. The number of carbonyl (C=O) groups excluding carboxylic acids is 1. The molecule has 1 saturated carbocycles. The first-order chi connectivity index (χ1) is 6.65. The monoisotopic (exact) mass is 199 g/mol. The van der Waals surface area contributed by atoms with Gasteiger partial charge in [-0.05, 0) is 25.2 Å². The first-order valence-electron chi connectivity index (χ1n) is 5.55. The van der Waals surface area contributed by atoms with Crippen molar-refractivity contribution < 1.29 is 9.53 Å². The summed E-state index contributed by atoms with van der Waals surface area (Å²) in [7, 11) is 0. The van der Waals surface area contributed by atoms with E-state index < -0.39 is 0 Å². The van der Waals surface area contributed by atoms with Crippen LogP contribution in [-0.4, -0.2) is 18.6 Å². The van der Waals surface area contributed by atoms with E-state index in [0.29, 0.717) is 12.5 Å². The highest BCUT2D eigenvalue weighted by Gasteiger charge is 2.26. The summed E-state index contributed by atoms with van der Waals surface area (Å²) < 4.78 is 5.44. The molecule has 3 heteroatoms. The molecule has 1 aliphatic carbocycles. The van der Waals surface area contributed by atoms with Crippen molar-refractivity contribution in [1.82, 2.24) is 0 Å². The predicted octanol–water partition coefficient (Wildman–Crippen LogP) is 1.70. The molecule has 0 aromatic heterocycles. The smallest absolute Gasteiger partial charge is 0.310 e. The Hall–Kier alpha value is -0.570. The van der Waals surface area contributed by atoms with Gasteiger partial charge in [-0.1, -0.05) is 20.3 Å². The highest BCUT2D eigenvalue weighted by atomic mass is 16.5. The van der Waals surface area contributed by atoms with Crippen molar-refractivity contribution in [2.45, 2.75) is 45.6 Å². The first kappa shape index (κ1) is 11.5. The fraction of sp³-hybridized carbons (Fsp3) is 0.909. The summed E-state index contributed by atoms with van der Waals surface area (Å²) in [6.07, 6.45) is 4.77. The van der Waals surface area contributed by atoms with Crippen LogP contribution in [0.5, 0.6) is 0 Å². The predicted molar refractivity (Wildman–Crippen MR) is 55.7 cm³/mol. The Morgan fingerprint density at radius 1 is 1.50 bits per heavy atom. The molecule has 0 spiro atoms. The van der Waals surface area contributed by atoms with E-state index in [1.165, 1.54) is 19.3 Å². The second-order valence-electron chi connectivity index (χ2n) is 4.37. The van der Waals surface area contributed by atoms with Gasteiger partial charge in [0, 0.05) is 6.54 Å². The zero-order valence-electron chi connectivity index (χ0n) is 9.16. The fourth-order valence-electron chi connectivity index (χ4n) is 1.82. The van der Waals surface area contributed by atoms with E-state index in [1.807, 2.05) is 6.92 Å². The van der Waals surface area contributed by atoms with Gasteiger partial charge in [-0.2, -0.15) is 0 Å². The van der Waals surface area contributed by atoms with Gasteiger partial charge in [0.2, 0.25) is 0 Å². The number of nitrogens with two attached hydrogens (primary N) is 1. The topological polar surface area (TPSA) is 52.3 Å². The maximum Gasteiger partial charge on any atom is 0.310 e. The van der Waals surface area contributed by atoms with Gasteiger partial charge in [0.1, 0.15) is 6.10 Å². The zero-order valence-corrected chi connectivity index (χ0v) is 9.16. The Morgan fingerprint density at radius 3 is 2.71 bits per heavy atom. The molecule has 3 nitrogen and oxygen atoms in total. The van der Waals surface area contributed by atoms with Crippen molar-refractivity contribution in [3.8, 4) is 0 Å². The Balaban J connectivity index is 2.38. The van der Waals surface area contributed by atoms with Gasteiger partial charge in [-0.3, -0.25) is 4.79 Å². The van der Waals surface area contributed by atoms with Gasteiger partial charge in [0.15, 0.2) is 0 Å². The van der Waals surface area contributed by atoms with Crippen molar-refractivity contribution in [3.05, 3.63) is 0 Å². The molecule has 1 aliphatic rings. The lowest BCUT2D eigenvalue weighted by molar-refractivity contribution is -0.157. The van der Waals surface area contributed by atoms with Crippen LogP contribution in [0.15, 0.2) is 0 Å². The summed E-state index contributed by atoms with van der Waals surface area (Å²) >= 11 is 0. The molecular formula is C11H21NO2. The molecule has 1 fully saturated rings. The van der Waals surface area contributed by atoms with E-state index >= 15 is 0 Å². The highest BCUT2D eigenvalue weighted by molar-refractivity contribution is 5.72. The molecule has 0 aromatic rings. The Bertz CT molecular complexity index is 194. The van der Waals surface area contributed by atoms with Crippen LogP contribution in [0.3, 0.4) is 0 Å². The molecule has 0 saturated heterocycles. The zero-order chi connectivity index (χ0) is 10.6. The quantitative estimate of drug-likeness (QED) is 0.704. The van der Waals surface area contributed by atoms with Crippen molar-refractivity contribution >= 4 is 5.97 Å². The van der Waals surface area contributed by atoms with Gasteiger partial charge in [0.05, 0.1) is 5.92 Å². The number of esters is 1. The molecule has 0 radical (unpaired) electrons. The highest BCUT2D eigenvalue weighted by Crippen LogP contribution is 2.26. The van der Waals surface area contributed by atoms with Crippen LogP contribution in [0.1, 0.15) is 39.5 Å². The molecule has 0 bridgehead atoms. The summed E-state index contributed by atoms with van der Waals surface area (Å²) in [5, 5.41) is 0. The Morgan fingerprint density at radius 2 is 2.14 bits per heavy atom. The molecule has 0 aromatic carbocycles. The average Bonchev–Trinajstić information content (AvgIpc) is 2.20. The SMILES string of the molecule is CC(CN)C(=O)OC1CCCCC1C. The van der Waals surface area contributed by atoms with Crippen molar-refractivity contribution in [2.75, 3.05) is 6.54 Å². The third-order valence-electron chi connectivity index (χ3n) is 3.06. The number of hydrogen-bond acceptors (Lipinski definition) is 3. The molecule has 82 valence electrons. The van der Waals surface area contributed by atoms with Crippen molar-refractivity contribution in [3.63, 3.8) is 0 Å². The number of rotatable bonds is 3. The number of hydrogen-bond donors (Lipinski definition) is 1. The van der Waals surface area contributed by atoms with E-state index in [1.54, 1.807) is 0 Å². The van der Waals surface area contributed by atoms with E-state index in [9.17, 15) is 4.79 Å². The average molecular weight is 199 g/mol. The van der Waals surface area contributed by atoms with Crippen LogP contribution in [0.2, 0.25) is 0 Å². The summed E-state index contributed by atoms with van der Waals surface area (Å²) in [5.74, 6) is 0.216. The molecule has 0 heterocycles. The normalized spacial score (nSPS) is 29.6. The Labute approximate surface area is 86.0 Å². The maximum absolute atomic E-state index is 11.5. The molecule has 1 rings (SSSR count). The van der Waals surface area contributed by atoms with Crippen molar-refractivity contribution in [2.24, 2.45) is 17.6 Å². The lowest BCUT2D eigenvalue weighted by Crippen LogP contribution is -2.32. The van der Waals surface area contributed by atoms with Crippen LogP contribution in [-0.2, 0) is 9.53 Å². The lowest BCUT2D eigenvalue weighted by atomic mass is 9.88. The summed E-state index contributed by atoms with van der Waals surface area (Å²) in [6, 6.07) is 0. The molecule has 2 N–H and O–H groups in total. The van der Waals surface area contributed by atoms with Crippen LogP contribution >= 0.6 is 0 Å². The second-order valence-corrected chi connectivity index (χ2v) is 4.37. The maximum atomic E-state index is 11.5. The minimum Gasteiger partial charge on any atom is -0.462 e. The molecule has 0 aliphatic heterocycles. The summed E-state index contributed by atoms with van der Waals surface area (Å²) in [6.45, 7) is 4.35. The molecular weight excluding hydrogens is 178 g/mol. The van der Waals surface area contributed by atoms with Gasteiger partial charge < -0.3 is 10.5 Å². The van der Waals surface area contributed by atoms with Crippen molar-refractivity contribution in [1.29, 1.82) is 0 Å². The van der Waals surface area contributed by atoms with Gasteiger partial charge in [-0.25, -0.2) is 0 Å². The largest absolute Gasteiger partial charge is 0.462 e. The minimum absolute atomic E-state index is 0.130. The van der Waals surface area contributed by atoms with Gasteiger partial charge in [0.25, 0.3) is 0 Å². The van der Waals surface area contributed by atoms with E-state index in [2.05, 4.69) is 6.92 Å². The molecule has 3 atom stereocenters. The van der Waals surface area contributed by atoms with Crippen LogP contribution in [0.25, 0.3) is 0 Å². The second kappa shape index (κ2) is 5.35. The molecule has 0 amide bonds. The number of carbonyl (C=O) groups is 1. The van der Waals surface area contributed by atoms with Crippen LogP contribution < -0.4 is 5.73 Å². The summed E-state index contributed by atoms with van der Waals surface area (Å²) in [5.41, 5.74) is 5.41. The number of ether oxygens (including phenoxy) is 1. The third kappa shape index (κ3) is 2.98. The molecule has 3 unspecified atom stereocenters. The minimum atomic E-state index is -0.163. The standard InChI is InChI=1S/C11H21NO2/c1-8-5-3-4-6-10(8)14-11(13)9(2)7-12/h8-10H,3-7,12H2,1-2H3.